The van der Waals surface area contributed by atoms with Gasteiger partial charge >= 0.3 is 0 Å². The second-order valence-corrected chi connectivity index (χ2v) is 10.9. The molecule has 0 aliphatic carbocycles. The van der Waals surface area contributed by atoms with Crippen molar-refractivity contribution in [2.24, 2.45) is 0 Å². The number of thioether (sulfide) groups is 1. The Balaban J connectivity index is 1.32. The lowest BCUT2D eigenvalue weighted by Crippen LogP contribution is -2.50. The van der Waals surface area contributed by atoms with Crippen LogP contribution in [-0.2, 0) is 26.3 Å². The van der Waals surface area contributed by atoms with Crippen LogP contribution in [0, 0.1) is 0 Å². The largest absolute Gasteiger partial charge is 0.343 e. The zero-order chi connectivity index (χ0) is 24.3. The summed E-state index contributed by atoms with van der Waals surface area (Å²) in [6.45, 7) is 3.87. The summed E-state index contributed by atoms with van der Waals surface area (Å²) in [5, 5.41) is 0. The molecule has 8 heteroatoms. The van der Waals surface area contributed by atoms with Crippen LogP contribution in [0.5, 0.6) is 0 Å². The van der Waals surface area contributed by atoms with Crippen LogP contribution in [0.25, 0.3) is 0 Å². The lowest BCUT2D eigenvalue weighted by molar-refractivity contribution is -0.143. The minimum Gasteiger partial charge on any atom is -0.343 e. The van der Waals surface area contributed by atoms with E-state index in [0.717, 1.165) is 37.1 Å². The molecule has 0 saturated carbocycles. The summed E-state index contributed by atoms with van der Waals surface area (Å²) < 4.78 is 0. The van der Waals surface area contributed by atoms with Gasteiger partial charge in [-0.15, -0.1) is 0 Å². The van der Waals surface area contributed by atoms with Gasteiger partial charge in [0.1, 0.15) is 0 Å². The second-order valence-electron chi connectivity index (χ2n) is 9.70. The summed E-state index contributed by atoms with van der Waals surface area (Å²) in [7, 11) is 0. The SMILES string of the molecule is O=C(CC1(c2ccccc2)CC(=O)N(Cc2ccncc2)C1=O)N1CCC(N2CCSCC2)CC1. The highest BCUT2D eigenvalue weighted by molar-refractivity contribution is 7.99. The number of imide groups is 1. The first-order chi connectivity index (χ1) is 17.1. The minimum atomic E-state index is -1.15. The summed E-state index contributed by atoms with van der Waals surface area (Å²) in [5.74, 6) is 1.83. The van der Waals surface area contributed by atoms with Crippen molar-refractivity contribution in [1.82, 2.24) is 19.7 Å². The Labute approximate surface area is 210 Å². The van der Waals surface area contributed by atoms with Crippen molar-refractivity contribution in [3.8, 4) is 0 Å². The molecule has 184 valence electrons. The highest BCUT2D eigenvalue weighted by Gasteiger charge is 2.54. The molecule has 1 aromatic carbocycles. The van der Waals surface area contributed by atoms with Crippen LogP contribution in [0.1, 0.15) is 36.8 Å². The number of rotatable bonds is 6. The van der Waals surface area contributed by atoms with E-state index in [1.807, 2.05) is 47.0 Å². The van der Waals surface area contributed by atoms with Gasteiger partial charge in [-0.05, 0) is 36.1 Å². The van der Waals surface area contributed by atoms with E-state index in [4.69, 9.17) is 0 Å². The third-order valence-electron chi connectivity index (χ3n) is 7.66. The number of pyridine rings is 1. The molecule has 5 rings (SSSR count). The van der Waals surface area contributed by atoms with Crippen molar-refractivity contribution in [3.63, 3.8) is 0 Å². The van der Waals surface area contributed by atoms with Gasteiger partial charge in [0.2, 0.25) is 17.7 Å². The van der Waals surface area contributed by atoms with Crippen molar-refractivity contribution >= 4 is 29.5 Å². The molecule has 2 aromatic rings. The number of amides is 3. The van der Waals surface area contributed by atoms with Crippen molar-refractivity contribution in [2.45, 2.75) is 43.7 Å². The van der Waals surface area contributed by atoms with Gasteiger partial charge in [-0.3, -0.25) is 29.2 Å². The average Bonchev–Trinajstić information content (AvgIpc) is 3.15. The zero-order valence-corrected chi connectivity index (χ0v) is 20.8. The van der Waals surface area contributed by atoms with E-state index in [0.29, 0.717) is 19.1 Å². The topological polar surface area (TPSA) is 73.8 Å². The van der Waals surface area contributed by atoms with Gasteiger partial charge in [-0.1, -0.05) is 30.3 Å². The van der Waals surface area contributed by atoms with Gasteiger partial charge in [0, 0.05) is 69.0 Å². The quantitative estimate of drug-likeness (QED) is 0.578. The number of hydrogen-bond donors (Lipinski definition) is 0. The van der Waals surface area contributed by atoms with Gasteiger partial charge in [-0.2, -0.15) is 11.8 Å². The molecular formula is C27H32N4O3S. The second kappa shape index (κ2) is 10.5. The number of hydrogen-bond acceptors (Lipinski definition) is 6. The van der Waals surface area contributed by atoms with Crippen LogP contribution in [0.2, 0.25) is 0 Å². The molecule has 1 unspecified atom stereocenters. The highest BCUT2D eigenvalue weighted by Crippen LogP contribution is 2.41. The fourth-order valence-corrected chi connectivity index (χ4v) is 6.58. The van der Waals surface area contributed by atoms with Crippen LogP contribution in [0.4, 0.5) is 0 Å². The van der Waals surface area contributed by atoms with Gasteiger partial charge in [0.15, 0.2) is 0 Å². The first-order valence-electron chi connectivity index (χ1n) is 12.5. The van der Waals surface area contributed by atoms with Gasteiger partial charge in [0.25, 0.3) is 0 Å². The molecule has 1 aromatic heterocycles. The molecule has 3 saturated heterocycles. The number of carbonyl (C=O) groups is 3. The summed E-state index contributed by atoms with van der Waals surface area (Å²) in [6.07, 6.45) is 5.29. The summed E-state index contributed by atoms with van der Waals surface area (Å²) in [5.41, 5.74) is 0.434. The van der Waals surface area contributed by atoms with E-state index in [1.54, 1.807) is 24.5 Å². The predicted octanol–water partition coefficient (Wildman–Crippen LogP) is 2.71. The normalized spacial score (nSPS) is 24.2. The number of aromatic nitrogens is 1. The van der Waals surface area contributed by atoms with E-state index in [9.17, 15) is 14.4 Å². The fourth-order valence-electron chi connectivity index (χ4n) is 5.65. The molecule has 3 fully saturated rings. The Morgan fingerprint density at radius 3 is 2.34 bits per heavy atom. The van der Waals surface area contributed by atoms with Crippen molar-refractivity contribution < 1.29 is 14.4 Å². The number of likely N-dealkylation sites (tertiary alicyclic amines) is 2. The Hall–Kier alpha value is -2.71. The molecule has 7 nitrogen and oxygen atoms in total. The highest BCUT2D eigenvalue weighted by atomic mass is 32.2. The van der Waals surface area contributed by atoms with Crippen LogP contribution in [0.15, 0.2) is 54.9 Å². The van der Waals surface area contributed by atoms with Crippen molar-refractivity contribution in [3.05, 3.63) is 66.0 Å². The molecule has 3 aliphatic heterocycles. The maximum Gasteiger partial charge on any atom is 0.241 e. The monoisotopic (exact) mass is 492 g/mol. The lowest BCUT2D eigenvalue weighted by atomic mass is 9.75. The zero-order valence-electron chi connectivity index (χ0n) is 20.0. The smallest absolute Gasteiger partial charge is 0.241 e. The predicted molar refractivity (Wildman–Crippen MR) is 136 cm³/mol. The first-order valence-corrected chi connectivity index (χ1v) is 13.6. The first kappa shape index (κ1) is 24.0. The fraction of sp³-hybridized carbons (Fsp3) is 0.481. The summed E-state index contributed by atoms with van der Waals surface area (Å²) >= 11 is 2.01. The molecule has 35 heavy (non-hydrogen) atoms. The molecule has 0 spiro atoms. The van der Waals surface area contributed by atoms with Gasteiger partial charge in [-0.25, -0.2) is 0 Å². The molecule has 3 aliphatic rings. The molecular weight excluding hydrogens is 460 g/mol. The maximum atomic E-state index is 13.8. The number of nitrogens with zero attached hydrogens (tertiary/aromatic N) is 4. The van der Waals surface area contributed by atoms with Gasteiger partial charge < -0.3 is 4.90 Å². The van der Waals surface area contributed by atoms with Crippen molar-refractivity contribution in [2.75, 3.05) is 37.7 Å². The van der Waals surface area contributed by atoms with E-state index in [2.05, 4.69) is 9.88 Å². The van der Waals surface area contributed by atoms with Gasteiger partial charge in [0.05, 0.1) is 12.0 Å². The van der Waals surface area contributed by atoms with E-state index in [1.165, 1.54) is 16.4 Å². The standard InChI is InChI=1S/C27H32N4O3S/c32-24(30-12-8-23(9-13-30)29-14-16-35-17-15-29)18-27(22-4-2-1-3-5-22)19-25(33)31(26(27)34)20-21-6-10-28-11-7-21/h1-7,10-11,23H,8-9,12-20H2. The Morgan fingerprint density at radius 2 is 1.66 bits per heavy atom. The third-order valence-corrected chi connectivity index (χ3v) is 8.60. The Bertz CT molecular complexity index is 1050. The third kappa shape index (κ3) is 5.00. The van der Waals surface area contributed by atoms with Crippen LogP contribution in [-0.4, -0.2) is 81.1 Å². The average molecular weight is 493 g/mol. The van der Waals surface area contributed by atoms with Crippen LogP contribution >= 0.6 is 11.8 Å². The minimum absolute atomic E-state index is 0.0224. The summed E-state index contributed by atoms with van der Waals surface area (Å²) in [4.78, 5) is 50.3. The molecule has 1 atom stereocenters. The van der Waals surface area contributed by atoms with Crippen LogP contribution < -0.4 is 0 Å². The number of piperidine rings is 1. The lowest BCUT2D eigenvalue weighted by Gasteiger charge is -2.40. The molecule has 3 amide bonds. The molecule has 0 radical (unpaired) electrons. The van der Waals surface area contributed by atoms with Crippen molar-refractivity contribution in [1.29, 1.82) is 0 Å². The molecule has 0 N–H and O–H groups in total. The van der Waals surface area contributed by atoms with E-state index in [-0.39, 0.29) is 37.1 Å². The van der Waals surface area contributed by atoms with E-state index < -0.39 is 5.41 Å². The molecule has 0 bridgehead atoms. The molecule has 4 heterocycles. The number of benzene rings is 1. The van der Waals surface area contributed by atoms with E-state index >= 15 is 0 Å². The summed E-state index contributed by atoms with van der Waals surface area (Å²) in [6, 6.07) is 13.5. The van der Waals surface area contributed by atoms with Crippen LogP contribution in [0.3, 0.4) is 0 Å². The Kier molecular flexibility index (Phi) is 7.20. The number of carbonyl (C=O) groups excluding carboxylic acids is 3. The maximum absolute atomic E-state index is 13.8. The Morgan fingerprint density at radius 1 is 0.971 bits per heavy atom.